The van der Waals surface area contributed by atoms with Crippen molar-refractivity contribution in [2.45, 2.75) is 43.6 Å². The van der Waals surface area contributed by atoms with E-state index in [1.165, 1.54) is 18.9 Å². The molecule has 0 aliphatic carbocycles. The topological polar surface area (TPSA) is 78.3 Å². The van der Waals surface area contributed by atoms with Gasteiger partial charge in [0.2, 0.25) is 11.1 Å². The van der Waals surface area contributed by atoms with Gasteiger partial charge in [-0.1, -0.05) is 67.0 Å². The molecule has 4 rings (SSSR count). The summed E-state index contributed by atoms with van der Waals surface area (Å²) in [6.07, 6.45) is 2.08. The number of methoxy groups -OCH3 is 1. The number of thioether (sulfide) groups is 1. The number of ether oxygens (including phenoxy) is 2. The van der Waals surface area contributed by atoms with E-state index in [2.05, 4.69) is 17.2 Å². The number of hydrogen-bond donors (Lipinski definition) is 1. The molecular weight excluding hydrogens is 472 g/mol. The second kappa shape index (κ2) is 11.0. The Hall–Kier alpha value is -2.97. The van der Waals surface area contributed by atoms with Crippen LogP contribution in [0.1, 0.15) is 43.9 Å². The van der Waals surface area contributed by atoms with Gasteiger partial charge in [-0.05, 0) is 42.7 Å². The molecule has 0 saturated heterocycles. The van der Waals surface area contributed by atoms with Gasteiger partial charge in [0, 0.05) is 16.5 Å². The van der Waals surface area contributed by atoms with E-state index >= 15 is 0 Å². The van der Waals surface area contributed by atoms with E-state index < -0.39 is 12.0 Å². The van der Waals surface area contributed by atoms with Gasteiger partial charge in [-0.15, -0.1) is 5.10 Å². The number of aromatic nitrogens is 3. The van der Waals surface area contributed by atoms with Crippen LogP contribution in [0.4, 0.5) is 5.95 Å². The number of carbonyl (C=O) groups is 1. The molecule has 0 bridgehead atoms. The highest BCUT2D eigenvalue weighted by molar-refractivity contribution is 7.98. The fourth-order valence-corrected chi connectivity index (χ4v) is 4.83. The number of esters is 1. The third kappa shape index (κ3) is 5.23. The molecule has 1 unspecified atom stereocenters. The molecule has 1 N–H and O–H groups in total. The number of benzene rings is 2. The zero-order valence-electron chi connectivity index (χ0n) is 19.4. The maximum absolute atomic E-state index is 12.7. The molecule has 0 amide bonds. The Kier molecular flexibility index (Phi) is 7.80. The molecule has 3 aromatic rings. The number of rotatable bonds is 9. The zero-order valence-corrected chi connectivity index (χ0v) is 20.9. The minimum atomic E-state index is -0.476. The van der Waals surface area contributed by atoms with Crippen LogP contribution < -0.4 is 10.1 Å². The Morgan fingerprint density at radius 1 is 1.21 bits per heavy atom. The Balaban J connectivity index is 1.63. The molecule has 9 heteroatoms. The fourth-order valence-electron chi connectivity index (χ4n) is 3.71. The maximum Gasteiger partial charge on any atom is 0.338 e. The number of unbranched alkanes of at least 4 members (excludes halogenated alkanes) is 1. The average Bonchev–Trinajstić information content (AvgIpc) is 3.25. The Morgan fingerprint density at radius 3 is 2.68 bits per heavy atom. The Bertz CT molecular complexity index is 1190. The van der Waals surface area contributed by atoms with Crippen LogP contribution in [-0.2, 0) is 15.3 Å². The summed E-state index contributed by atoms with van der Waals surface area (Å²) in [5.74, 6) is 1.58. The molecule has 1 aliphatic heterocycles. The summed E-state index contributed by atoms with van der Waals surface area (Å²) >= 11 is 7.78. The number of nitrogens with one attached hydrogen (secondary N) is 1. The predicted molar refractivity (Wildman–Crippen MR) is 134 cm³/mol. The van der Waals surface area contributed by atoms with E-state index in [1.807, 2.05) is 55.5 Å². The standard InChI is InChI=1S/C25H27ClN4O3S/c1-4-5-14-33-19-12-10-17(11-13-19)22-21(23(31)32-3)16(2)27-24-28-25(29-30(22)24)34-15-18-8-6-7-9-20(18)26/h6-13,22H,4-5,14-15H2,1-3H3,(H,27,28,29). The van der Waals surface area contributed by atoms with E-state index in [1.54, 1.807) is 4.68 Å². The van der Waals surface area contributed by atoms with Gasteiger partial charge in [0.25, 0.3) is 0 Å². The van der Waals surface area contributed by atoms with Crippen molar-refractivity contribution in [3.05, 3.63) is 76.0 Å². The molecule has 1 aromatic heterocycles. The van der Waals surface area contributed by atoms with Gasteiger partial charge >= 0.3 is 5.97 Å². The summed E-state index contributed by atoms with van der Waals surface area (Å²) in [6.45, 7) is 4.65. The minimum absolute atomic E-state index is 0.412. The van der Waals surface area contributed by atoms with Gasteiger partial charge in [-0.2, -0.15) is 4.98 Å². The second-order valence-corrected chi connectivity index (χ2v) is 9.22. The van der Waals surface area contributed by atoms with Gasteiger partial charge in [-0.3, -0.25) is 0 Å². The first-order chi connectivity index (χ1) is 16.5. The second-order valence-electron chi connectivity index (χ2n) is 7.87. The van der Waals surface area contributed by atoms with Gasteiger partial charge in [-0.25, -0.2) is 9.48 Å². The fraction of sp³-hybridized carbons (Fsp3) is 0.320. The lowest BCUT2D eigenvalue weighted by Gasteiger charge is -2.27. The number of anilines is 1. The van der Waals surface area contributed by atoms with Crippen LogP contribution >= 0.6 is 23.4 Å². The molecule has 0 spiro atoms. The lowest BCUT2D eigenvalue weighted by atomic mass is 9.96. The maximum atomic E-state index is 12.7. The highest BCUT2D eigenvalue weighted by atomic mass is 35.5. The van der Waals surface area contributed by atoms with E-state index in [4.69, 9.17) is 26.2 Å². The summed E-state index contributed by atoms with van der Waals surface area (Å²) in [5.41, 5.74) is 3.07. The number of allylic oxidation sites excluding steroid dienone is 1. The van der Waals surface area contributed by atoms with Crippen LogP contribution in [0.3, 0.4) is 0 Å². The number of hydrogen-bond acceptors (Lipinski definition) is 7. The first kappa shape index (κ1) is 24.2. The number of nitrogens with zero attached hydrogens (tertiary/aromatic N) is 3. The molecule has 34 heavy (non-hydrogen) atoms. The SMILES string of the molecule is CCCCOc1ccc(C2C(C(=O)OC)=C(C)Nc3nc(SCc4ccccc4Cl)nn32)cc1. The van der Waals surface area contributed by atoms with Crippen molar-refractivity contribution >= 4 is 35.3 Å². The summed E-state index contributed by atoms with van der Waals surface area (Å²) < 4.78 is 12.6. The molecule has 0 radical (unpaired) electrons. The molecule has 2 heterocycles. The van der Waals surface area contributed by atoms with Crippen molar-refractivity contribution < 1.29 is 14.3 Å². The lowest BCUT2D eigenvalue weighted by Crippen LogP contribution is -2.29. The molecule has 1 atom stereocenters. The highest BCUT2D eigenvalue weighted by Gasteiger charge is 2.35. The molecule has 0 saturated carbocycles. The van der Waals surface area contributed by atoms with Gasteiger partial charge < -0.3 is 14.8 Å². The van der Waals surface area contributed by atoms with Crippen molar-refractivity contribution in [3.8, 4) is 5.75 Å². The molecular formula is C25H27ClN4O3S. The van der Waals surface area contributed by atoms with Crippen LogP contribution in [0, 0.1) is 0 Å². The van der Waals surface area contributed by atoms with Gasteiger partial charge in [0.05, 0.1) is 19.3 Å². The smallest absolute Gasteiger partial charge is 0.338 e. The van der Waals surface area contributed by atoms with Crippen molar-refractivity contribution in [1.29, 1.82) is 0 Å². The van der Waals surface area contributed by atoms with Crippen molar-refractivity contribution in [1.82, 2.24) is 14.8 Å². The van der Waals surface area contributed by atoms with Crippen molar-refractivity contribution in [2.75, 3.05) is 19.0 Å². The molecule has 0 fully saturated rings. The summed E-state index contributed by atoms with van der Waals surface area (Å²) in [4.78, 5) is 17.4. The van der Waals surface area contributed by atoms with Crippen LogP contribution in [-0.4, -0.2) is 34.5 Å². The predicted octanol–water partition coefficient (Wildman–Crippen LogP) is 5.86. The van der Waals surface area contributed by atoms with Gasteiger partial charge in [0.15, 0.2) is 0 Å². The minimum Gasteiger partial charge on any atom is -0.494 e. The van der Waals surface area contributed by atoms with Gasteiger partial charge in [0.1, 0.15) is 11.8 Å². The molecule has 2 aromatic carbocycles. The normalized spacial score (nSPS) is 15.0. The number of fused-ring (bicyclic) bond motifs is 1. The molecule has 178 valence electrons. The summed E-state index contributed by atoms with van der Waals surface area (Å²) in [7, 11) is 1.38. The van der Waals surface area contributed by atoms with E-state index in [9.17, 15) is 4.79 Å². The Labute approximate surface area is 208 Å². The molecule has 7 nitrogen and oxygen atoms in total. The summed E-state index contributed by atoms with van der Waals surface area (Å²) in [6, 6.07) is 15.0. The van der Waals surface area contributed by atoms with Crippen LogP contribution in [0.5, 0.6) is 5.75 Å². The largest absolute Gasteiger partial charge is 0.494 e. The van der Waals surface area contributed by atoms with Crippen molar-refractivity contribution in [2.24, 2.45) is 0 Å². The number of carbonyl (C=O) groups excluding carboxylic acids is 1. The van der Waals surface area contributed by atoms with Crippen LogP contribution in [0.15, 0.2) is 65.0 Å². The Morgan fingerprint density at radius 2 is 1.97 bits per heavy atom. The quantitative estimate of drug-likeness (QED) is 0.225. The van der Waals surface area contributed by atoms with E-state index in [0.717, 1.165) is 29.7 Å². The van der Waals surface area contributed by atoms with E-state index in [0.29, 0.717) is 39.8 Å². The third-order valence-electron chi connectivity index (χ3n) is 5.52. The number of halogens is 1. The lowest BCUT2D eigenvalue weighted by molar-refractivity contribution is -0.136. The molecule has 1 aliphatic rings. The van der Waals surface area contributed by atoms with E-state index in [-0.39, 0.29) is 0 Å². The monoisotopic (exact) mass is 498 g/mol. The third-order valence-corrected chi connectivity index (χ3v) is 6.77. The highest BCUT2D eigenvalue weighted by Crippen LogP contribution is 2.37. The van der Waals surface area contributed by atoms with Crippen molar-refractivity contribution in [3.63, 3.8) is 0 Å². The van der Waals surface area contributed by atoms with Crippen LogP contribution in [0.25, 0.3) is 0 Å². The zero-order chi connectivity index (χ0) is 24.1. The first-order valence-corrected chi connectivity index (χ1v) is 12.5. The first-order valence-electron chi connectivity index (χ1n) is 11.1. The van der Waals surface area contributed by atoms with Crippen LogP contribution in [0.2, 0.25) is 5.02 Å². The summed E-state index contributed by atoms with van der Waals surface area (Å²) in [5, 5.41) is 9.23. The average molecular weight is 499 g/mol.